The normalized spacial score (nSPS) is 12.7. The third kappa shape index (κ3) is 3.80. The van der Waals surface area contributed by atoms with Crippen molar-refractivity contribution < 1.29 is 15.0 Å². The summed E-state index contributed by atoms with van der Waals surface area (Å²) in [7, 11) is 0. The largest absolute Gasteiger partial charge is 0.399 e. The van der Waals surface area contributed by atoms with Crippen molar-refractivity contribution in [3.05, 3.63) is 29.8 Å². The van der Waals surface area contributed by atoms with Gasteiger partial charge >= 0.3 is 0 Å². The van der Waals surface area contributed by atoms with Crippen LogP contribution in [0.25, 0.3) is 0 Å². The van der Waals surface area contributed by atoms with Gasteiger partial charge in [0.15, 0.2) is 5.78 Å². The Morgan fingerprint density at radius 3 is 2.17 bits per heavy atom. The zero-order valence-electron chi connectivity index (χ0n) is 10.5. The van der Waals surface area contributed by atoms with E-state index in [0.717, 1.165) is 0 Å². The Kier molecular flexibility index (Phi) is 5.77. The molecule has 0 aliphatic heterocycles. The number of hydrogen-bond donors (Lipinski definition) is 3. The SMILES string of the molecule is CC(C(=O)c1ccc(N)cc1)N(CCO)CCO. The van der Waals surface area contributed by atoms with Gasteiger partial charge in [-0.1, -0.05) is 0 Å². The van der Waals surface area contributed by atoms with E-state index in [1.54, 1.807) is 36.1 Å². The summed E-state index contributed by atoms with van der Waals surface area (Å²) < 4.78 is 0. The summed E-state index contributed by atoms with van der Waals surface area (Å²) in [5.74, 6) is -0.0445. The summed E-state index contributed by atoms with van der Waals surface area (Å²) in [6.07, 6.45) is 0. The van der Waals surface area contributed by atoms with Gasteiger partial charge in [-0.15, -0.1) is 0 Å². The maximum atomic E-state index is 12.2. The fourth-order valence-electron chi connectivity index (χ4n) is 1.81. The van der Waals surface area contributed by atoms with E-state index in [2.05, 4.69) is 0 Å². The number of anilines is 1. The van der Waals surface area contributed by atoms with Crippen LogP contribution in [0.3, 0.4) is 0 Å². The van der Waals surface area contributed by atoms with Crippen LogP contribution in [-0.2, 0) is 0 Å². The quantitative estimate of drug-likeness (QED) is 0.474. The first kappa shape index (κ1) is 14.6. The molecule has 0 heterocycles. The Morgan fingerprint density at radius 2 is 1.72 bits per heavy atom. The molecule has 0 aliphatic carbocycles. The van der Waals surface area contributed by atoms with Gasteiger partial charge in [0.1, 0.15) is 0 Å². The third-order valence-corrected chi connectivity index (χ3v) is 2.90. The number of nitrogen functional groups attached to an aromatic ring is 1. The van der Waals surface area contributed by atoms with Gasteiger partial charge in [-0.25, -0.2) is 0 Å². The summed E-state index contributed by atoms with van der Waals surface area (Å²) >= 11 is 0. The first-order valence-electron chi connectivity index (χ1n) is 5.95. The van der Waals surface area contributed by atoms with Crippen molar-refractivity contribution in [2.24, 2.45) is 0 Å². The van der Waals surface area contributed by atoms with Gasteiger partial charge in [-0.3, -0.25) is 9.69 Å². The van der Waals surface area contributed by atoms with Crippen molar-refractivity contribution in [3.8, 4) is 0 Å². The number of carbonyl (C=O) groups is 1. The van der Waals surface area contributed by atoms with E-state index in [9.17, 15) is 4.79 Å². The van der Waals surface area contributed by atoms with Crippen LogP contribution in [0.2, 0.25) is 0 Å². The topological polar surface area (TPSA) is 86.8 Å². The summed E-state index contributed by atoms with van der Waals surface area (Å²) in [5.41, 5.74) is 6.76. The molecule has 1 atom stereocenters. The van der Waals surface area contributed by atoms with Crippen molar-refractivity contribution in [1.29, 1.82) is 0 Å². The average Bonchev–Trinajstić information content (AvgIpc) is 2.38. The number of rotatable bonds is 7. The molecular formula is C13H20N2O3. The number of aliphatic hydroxyl groups excluding tert-OH is 2. The molecule has 1 aromatic rings. The van der Waals surface area contributed by atoms with E-state index >= 15 is 0 Å². The number of nitrogens with two attached hydrogens (primary N) is 1. The number of nitrogens with zero attached hydrogens (tertiary/aromatic N) is 1. The van der Waals surface area contributed by atoms with Crippen molar-refractivity contribution in [2.45, 2.75) is 13.0 Å². The van der Waals surface area contributed by atoms with Gasteiger partial charge in [0.05, 0.1) is 19.3 Å². The van der Waals surface area contributed by atoms with Gasteiger partial charge in [0.2, 0.25) is 0 Å². The zero-order chi connectivity index (χ0) is 13.5. The minimum Gasteiger partial charge on any atom is -0.399 e. The number of aliphatic hydroxyl groups is 2. The Bertz CT molecular complexity index is 372. The smallest absolute Gasteiger partial charge is 0.179 e. The number of benzene rings is 1. The van der Waals surface area contributed by atoms with Gasteiger partial charge in [-0.05, 0) is 31.2 Å². The number of carbonyl (C=O) groups excluding carboxylic acids is 1. The number of Topliss-reactive ketones (excluding diaryl/α,β-unsaturated/α-hetero) is 1. The lowest BCUT2D eigenvalue weighted by atomic mass is 10.0. The molecule has 1 aromatic carbocycles. The molecule has 1 rings (SSSR count). The maximum absolute atomic E-state index is 12.2. The molecule has 0 aromatic heterocycles. The van der Waals surface area contributed by atoms with E-state index in [1.807, 2.05) is 0 Å². The molecule has 18 heavy (non-hydrogen) atoms. The lowest BCUT2D eigenvalue weighted by molar-refractivity contribution is 0.0769. The highest BCUT2D eigenvalue weighted by Gasteiger charge is 2.21. The highest BCUT2D eigenvalue weighted by atomic mass is 16.3. The van der Waals surface area contributed by atoms with E-state index in [4.69, 9.17) is 15.9 Å². The lowest BCUT2D eigenvalue weighted by Gasteiger charge is -2.26. The van der Waals surface area contributed by atoms with Crippen molar-refractivity contribution in [1.82, 2.24) is 4.90 Å². The van der Waals surface area contributed by atoms with Crippen LogP contribution in [0.4, 0.5) is 5.69 Å². The summed E-state index contributed by atoms with van der Waals surface area (Å²) in [4.78, 5) is 14.0. The molecule has 0 saturated carbocycles. The zero-order valence-corrected chi connectivity index (χ0v) is 10.5. The van der Waals surface area contributed by atoms with Gasteiger partial charge in [0.25, 0.3) is 0 Å². The average molecular weight is 252 g/mol. The van der Waals surface area contributed by atoms with Crippen LogP contribution in [0, 0.1) is 0 Å². The van der Waals surface area contributed by atoms with Crippen LogP contribution in [-0.4, -0.2) is 53.2 Å². The molecule has 0 bridgehead atoms. The summed E-state index contributed by atoms with van der Waals surface area (Å²) in [6, 6.07) is 6.35. The molecule has 0 spiro atoms. The molecule has 0 aliphatic rings. The minimum atomic E-state index is -0.382. The van der Waals surface area contributed by atoms with E-state index in [0.29, 0.717) is 24.3 Å². The Balaban J connectivity index is 2.77. The van der Waals surface area contributed by atoms with E-state index in [-0.39, 0.29) is 25.0 Å². The second-order valence-electron chi connectivity index (χ2n) is 4.15. The first-order chi connectivity index (χ1) is 8.60. The van der Waals surface area contributed by atoms with Crippen molar-refractivity contribution in [3.63, 3.8) is 0 Å². The maximum Gasteiger partial charge on any atom is 0.179 e. The fraction of sp³-hybridized carbons (Fsp3) is 0.462. The lowest BCUT2D eigenvalue weighted by Crippen LogP contribution is -2.42. The van der Waals surface area contributed by atoms with Crippen LogP contribution >= 0.6 is 0 Å². The predicted molar refractivity (Wildman–Crippen MR) is 70.4 cm³/mol. The molecule has 0 amide bonds. The molecular weight excluding hydrogens is 232 g/mol. The number of ketones is 1. The Labute approximate surface area is 107 Å². The Morgan fingerprint density at radius 1 is 1.22 bits per heavy atom. The number of hydrogen-bond acceptors (Lipinski definition) is 5. The first-order valence-corrected chi connectivity index (χ1v) is 5.95. The monoisotopic (exact) mass is 252 g/mol. The van der Waals surface area contributed by atoms with E-state index < -0.39 is 0 Å². The molecule has 0 saturated heterocycles. The van der Waals surface area contributed by atoms with Gasteiger partial charge in [0, 0.05) is 24.3 Å². The molecule has 100 valence electrons. The highest BCUT2D eigenvalue weighted by molar-refractivity contribution is 6.00. The van der Waals surface area contributed by atoms with Crippen molar-refractivity contribution in [2.75, 3.05) is 32.0 Å². The highest BCUT2D eigenvalue weighted by Crippen LogP contribution is 2.11. The summed E-state index contributed by atoms with van der Waals surface area (Å²) in [6.45, 7) is 2.41. The van der Waals surface area contributed by atoms with Crippen LogP contribution in [0.5, 0.6) is 0 Å². The molecule has 5 heteroatoms. The van der Waals surface area contributed by atoms with Gasteiger partial charge in [-0.2, -0.15) is 0 Å². The third-order valence-electron chi connectivity index (χ3n) is 2.90. The van der Waals surface area contributed by atoms with Crippen LogP contribution in [0.1, 0.15) is 17.3 Å². The second-order valence-corrected chi connectivity index (χ2v) is 4.15. The van der Waals surface area contributed by atoms with Crippen LogP contribution < -0.4 is 5.73 Å². The Hall–Kier alpha value is -1.43. The minimum absolute atomic E-state index is 0.0423. The van der Waals surface area contributed by atoms with Crippen molar-refractivity contribution >= 4 is 11.5 Å². The van der Waals surface area contributed by atoms with E-state index in [1.165, 1.54) is 0 Å². The summed E-state index contributed by atoms with van der Waals surface area (Å²) in [5, 5.41) is 17.9. The molecule has 0 radical (unpaired) electrons. The predicted octanol–water partition coefficient (Wildman–Crippen LogP) is 0.127. The van der Waals surface area contributed by atoms with Gasteiger partial charge < -0.3 is 15.9 Å². The standard InChI is InChI=1S/C13H20N2O3/c1-10(15(6-8-16)7-9-17)13(18)11-2-4-12(14)5-3-11/h2-5,10,16-17H,6-9,14H2,1H3. The molecule has 4 N–H and O–H groups in total. The fourth-order valence-corrected chi connectivity index (χ4v) is 1.81. The molecule has 1 unspecified atom stereocenters. The molecule has 0 fully saturated rings. The van der Waals surface area contributed by atoms with Crippen LogP contribution in [0.15, 0.2) is 24.3 Å². The second kappa shape index (κ2) is 7.10. The molecule has 5 nitrogen and oxygen atoms in total.